The Labute approximate surface area is 131 Å². The van der Waals surface area contributed by atoms with E-state index < -0.39 is 0 Å². The van der Waals surface area contributed by atoms with Crippen molar-refractivity contribution in [3.8, 4) is 0 Å². The van der Waals surface area contributed by atoms with Crippen LogP contribution in [0.1, 0.15) is 76.2 Å². The molecule has 0 atom stereocenters. The van der Waals surface area contributed by atoms with Crippen LogP contribution in [-0.4, -0.2) is 16.5 Å². The number of rotatable bonds is 6. The molecular formula is C16H26BrN3. The summed E-state index contributed by atoms with van der Waals surface area (Å²) in [4.78, 5) is 9.66. The van der Waals surface area contributed by atoms with E-state index in [1.54, 1.807) is 0 Å². The second kappa shape index (κ2) is 7.96. The van der Waals surface area contributed by atoms with Crippen LogP contribution in [0.4, 0.5) is 5.82 Å². The van der Waals surface area contributed by atoms with Gasteiger partial charge in [0, 0.05) is 12.5 Å². The highest BCUT2D eigenvalue weighted by Crippen LogP contribution is 2.33. The molecule has 1 aromatic heterocycles. The fourth-order valence-corrected chi connectivity index (χ4v) is 3.33. The highest BCUT2D eigenvalue weighted by Gasteiger charge is 2.21. The van der Waals surface area contributed by atoms with Crippen LogP contribution < -0.4 is 5.32 Å². The van der Waals surface area contributed by atoms with Gasteiger partial charge in [0.25, 0.3) is 0 Å². The van der Waals surface area contributed by atoms with Crippen molar-refractivity contribution in [1.29, 1.82) is 0 Å². The number of nitrogens with one attached hydrogen (secondary N) is 1. The lowest BCUT2D eigenvalue weighted by Crippen LogP contribution is -2.14. The van der Waals surface area contributed by atoms with Crippen molar-refractivity contribution in [3.05, 3.63) is 16.0 Å². The first-order chi connectivity index (χ1) is 9.76. The maximum atomic E-state index is 4.86. The van der Waals surface area contributed by atoms with Gasteiger partial charge in [-0.15, -0.1) is 0 Å². The summed E-state index contributed by atoms with van der Waals surface area (Å²) < 4.78 is 1.06. The molecule has 1 aliphatic carbocycles. The van der Waals surface area contributed by atoms with Crippen molar-refractivity contribution in [3.63, 3.8) is 0 Å². The first-order valence-electron chi connectivity index (χ1n) is 8.06. The van der Waals surface area contributed by atoms with Crippen molar-refractivity contribution in [2.75, 3.05) is 11.9 Å². The molecule has 1 aliphatic rings. The van der Waals surface area contributed by atoms with Crippen molar-refractivity contribution >= 4 is 21.7 Å². The number of aromatic nitrogens is 2. The van der Waals surface area contributed by atoms with E-state index in [0.717, 1.165) is 41.9 Å². The summed E-state index contributed by atoms with van der Waals surface area (Å²) in [7, 11) is 0. The van der Waals surface area contributed by atoms with Crippen LogP contribution in [-0.2, 0) is 6.42 Å². The zero-order valence-corrected chi connectivity index (χ0v) is 14.3. The number of hydrogen-bond acceptors (Lipinski definition) is 3. The Hall–Kier alpha value is -0.640. The van der Waals surface area contributed by atoms with E-state index in [1.807, 2.05) is 0 Å². The topological polar surface area (TPSA) is 37.8 Å². The first-order valence-corrected chi connectivity index (χ1v) is 8.85. The molecule has 0 radical (unpaired) electrons. The van der Waals surface area contributed by atoms with Gasteiger partial charge < -0.3 is 5.32 Å². The quantitative estimate of drug-likeness (QED) is 0.786. The summed E-state index contributed by atoms with van der Waals surface area (Å²) >= 11 is 3.68. The second-order valence-corrected chi connectivity index (χ2v) is 6.50. The molecule has 0 saturated heterocycles. The molecule has 1 aromatic rings. The molecule has 3 nitrogen and oxygen atoms in total. The van der Waals surface area contributed by atoms with Gasteiger partial charge in [-0.1, -0.05) is 39.5 Å². The molecule has 4 heteroatoms. The average Bonchev–Trinajstić information content (AvgIpc) is 2.49. The Morgan fingerprint density at radius 2 is 1.85 bits per heavy atom. The van der Waals surface area contributed by atoms with Crippen molar-refractivity contribution < 1.29 is 0 Å². The van der Waals surface area contributed by atoms with Gasteiger partial charge in [0.1, 0.15) is 11.6 Å². The summed E-state index contributed by atoms with van der Waals surface area (Å²) in [6.45, 7) is 5.34. The second-order valence-electron chi connectivity index (χ2n) is 5.70. The summed E-state index contributed by atoms with van der Waals surface area (Å²) in [5, 5.41) is 3.44. The Morgan fingerprint density at radius 3 is 2.50 bits per heavy atom. The van der Waals surface area contributed by atoms with E-state index >= 15 is 0 Å². The highest BCUT2D eigenvalue weighted by atomic mass is 79.9. The van der Waals surface area contributed by atoms with Gasteiger partial charge in [-0.2, -0.15) is 0 Å². The Kier molecular flexibility index (Phi) is 6.27. The summed E-state index contributed by atoms with van der Waals surface area (Å²) in [6, 6.07) is 0. The third kappa shape index (κ3) is 3.94. The van der Waals surface area contributed by atoms with E-state index in [1.165, 1.54) is 37.8 Å². The van der Waals surface area contributed by atoms with Crippen molar-refractivity contribution in [2.45, 2.75) is 71.1 Å². The van der Waals surface area contributed by atoms with E-state index in [9.17, 15) is 0 Å². The minimum Gasteiger partial charge on any atom is -0.369 e. The number of hydrogen-bond donors (Lipinski definition) is 1. The predicted molar refractivity (Wildman–Crippen MR) is 88.3 cm³/mol. The van der Waals surface area contributed by atoms with E-state index in [-0.39, 0.29) is 0 Å². The third-order valence-corrected chi connectivity index (χ3v) is 4.77. The van der Waals surface area contributed by atoms with Crippen LogP contribution in [0.15, 0.2) is 4.47 Å². The summed E-state index contributed by atoms with van der Waals surface area (Å²) in [5.41, 5.74) is 1.17. The molecule has 112 valence electrons. The van der Waals surface area contributed by atoms with E-state index in [4.69, 9.17) is 9.97 Å². The average molecular weight is 340 g/mol. The highest BCUT2D eigenvalue weighted by molar-refractivity contribution is 9.10. The zero-order valence-electron chi connectivity index (χ0n) is 12.7. The molecule has 1 N–H and O–H groups in total. The Bertz CT molecular complexity index is 428. The lowest BCUT2D eigenvalue weighted by Gasteiger charge is -2.22. The third-order valence-electron chi connectivity index (χ3n) is 3.94. The van der Waals surface area contributed by atoms with Crippen LogP contribution in [0, 0.1) is 0 Å². The maximum Gasteiger partial charge on any atom is 0.144 e. The number of halogens is 1. The number of anilines is 1. The monoisotopic (exact) mass is 339 g/mol. The van der Waals surface area contributed by atoms with E-state index in [0.29, 0.717) is 5.92 Å². The Morgan fingerprint density at radius 1 is 1.10 bits per heavy atom. The lowest BCUT2D eigenvalue weighted by molar-refractivity contribution is 0.427. The molecule has 1 fully saturated rings. The van der Waals surface area contributed by atoms with Gasteiger partial charge in [-0.3, -0.25) is 0 Å². The van der Waals surface area contributed by atoms with Gasteiger partial charge in [-0.25, -0.2) is 9.97 Å². The molecule has 2 rings (SSSR count). The van der Waals surface area contributed by atoms with Crippen LogP contribution in [0.2, 0.25) is 0 Å². The molecule has 0 bridgehead atoms. The van der Waals surface area contributed by atoms with Gasteiger partial charge in [0.2, 0.25) is 0 Å². The van der Waals surface area contributed by atoms with Crippen molar-refractivity contribution in [1.82, 2.24) is 9.97 Å². The molecule has 1 heterocycles. The van der Waals surface area contributed by atoms with Crippen LogP contribution in [0.25, 0.3) is 0 Å². The normalized spacial score (nSPS) is 16.4. The minimum atomic E-state index is 0.564. The molecule has 0 aromatic carbocycles. The van der Waals surface area contributed by atoms with Gasteiger partial charge in [0.05, 0.1) is 10.2 Å². The largest absolute Gasteiger partial charge is 0.369 e. The fourth-order valence-electron chi connectivity index (χ4n) is 2.82. The molecule has 0 unspecified atom stereocenters. The number of aryl methyl sites for hydroxylation is 1. The molecule has 0 spiro atoms. The standard InChI is InChI=1S/C16H26BrN3/c1-3-8-13-14(17)16(18-11-4-2)20-15(19-13)12-9-6-5-7-10-12/h12H,3-11H2,1-2H3,(H,18,19,20). The molecule has 1 saturated carbocycles. The molecular weight excluding hydrogens is 314 g/mol. The van der Waals surface area contributed by atoms with Crippen LogP contribution in [0.3, 0.4) is 0 Å². The molecule has 20 heavy (non-hydrogen) atoms. The predicted octanol–water partition coefficient (Wildman–Crippen LogP) is 5.06. The van der Waals surface area contributed by atoms with Gasteiger partial charge in [-0.05, 0) is 41.6 Å². The lowest BCUT2D eigenvalue weighted by atomic mass is 9.88. The van der Waals surface area contributed by atoms with Gasteiger partial charge >= 0.3 is 0 Å². The zero-order chi connectivity index (χ0) is 14.4. The minimum absolute atomic E-state index is 0.564. The molecule has 0 aliphatic heterocycles. The summed E-state index contributed by atoms with van der Waals surface area (Å²) in [6.07, 6.45) is 9.77. The number of nitrogens with zero attached hydrogens (tertiary/aromatic N) is 2. The fraction of sp³-hybridized carbons (Fsp3) is 0.750. The van der Waals surface area contributed by atoms with Crippen molar-refractivity contribution in [2.24, 2.45) is 0 Å². The SMILES string of the molecule is CCCNc1nc(C2CCCCC2)nc(CCC)c1Br. The van der Waals surface area contributed by atoms with E-state index in [2.05, 4.69) is 35.1 Å². The maximum absolute atomic E-state index is 4.86. The van der Waals surface area contributed by atoms with Crippen LogP contribution in [0.5, 0.6) is 0 Å². The smallest absolute Gasteiger partial charge is 0.144 e. The molecule has 0 amide bonds. The van der Waals surface area contributed by atoms with Gasteiger partial charge in [0.15, 0.2) is 0 Å². The summed E-state index contributed by atoms with van der Waals surface area (Å²) in [5.74, 6) is 2.62. The Balaban J connectivity index is 2.27. The van der Waals surface area contributed by atoms with Crippen LogP contribution >= 0.6 is 15.9 Å². The first kappa shape index (κ1) is 15.7.